The van der Waals surface area contributed by atoms with Crippen molar-refractivity contribution in [2.24, 2.45) is 0 Å². The van der Waals surface area contributed by atoms with Gasteiger partial charge in [-0.1, -0.05) is 23.2 Å². The molecule has 1 aromatic heterocycles. The third kappa shape index (κ3) is 2.38. The Labute approximate surface area is 92.0 Å². The van der Waals surface area contributed by atoms with Crippen LogP contribution in [0.15, 0.2) is 0 Å². The van der Waals surface area contributed by atoms with Gasteiger partial charge in [-0.25, -0.2) is 4.98 Å². The lowest BCUT2D eigenvalue weighted by Gasteiger charge is -2.09. The molecule has 0 amide bonds. The molecule has 76 valence electrons. The predicted octanol–water partition coefficient (Wildman–Crippen LogP) is 2.44. The van der Waals surface area contributed by atoms with Crippen molar-refractivity contribution in [3.8, 4) is 6.07 Å². The van der Waals surface area contributed by atoms with Crippen molar-refractivity contribution in [3.63, 3.8) is 0 Å². The van der Waals surface area contributed by atoms with Gasteiger partial charge in [0, 0.05) is 0 Å². The van der Waals surface area contributed by atoms with Crippen molar-refractivity contribution in [1.29, 1.82) is 5.26 Å². The van der Waals surface area contributed by atoms with E-state index in [4.69, 9.17) is 33.2 Å². The van der Waals surface area contributed by atoms with Gasteiger partial charge in [0.1, 0.15) is 12.8 Å². The van der Waals surface area contributed by atoms with Crippen LogP contribution in [0.25, 0.3) is 0 Å². The number of imidazole rings is 1. The van der Waals surface area contributed by atoms with Crippen molar-refractivity contribution < 1.29 is 4.74 Å². The van der Waals surface area contributed by atoms with Gasteiger partial charge in [-0.3, -0.25) is 4.57 Å². The average Bonchev–Trinajstić information content (AvgIpc) is 2.40. The van der Waals surface area contributed by atoms with Gasteiger partial charge in [0.05, 0.1) is 6.10 Å². The van der Waals surface area contributed by atoms with Gasteiger partial charge >= 0.3 is 0 Å². The molecule has 0 aliphatic heterocycles. The average molecular weight is 234 g/mol. The summed E-state index contributed by atoms with van der Waals surface area (Å²) in [7, 11) is 0. The lowest BCUT2D eigenvalue weighted by Crippen LogP contribution is -2.10. The maximum Gasteiger partial charge on any atom is 0.217 e. The van der Waals surface area contributed by atoms with Gasteiger partial charge in [0.15, 0.2) is 10.3 Å². The molecule has 1 rings (SSSR count). The maximum absolute atomic E-state index is 8.72. The highest BCUT2D eigenvalue weighted by Crippen LogP contribution is 2.22. The molecule has 0 aromatic carbocycles. The summed E-state index contributed by atoms with van der Waals surface area (Å²) in [6.07, 6.45) is 0.0544. The fraction of sp³-hybridized carbons (Fsp3) is 0.500. The minimum absolute atomic E-state index is 0.0544. The predicted molar refractivity (Wildman–Crippen MR) is 53.2 cm³/mol. The van der Waals surface area contributed by atoms with Crippen LogP contribution < -0.4 is 0 Å². The van der Waals surface area contributed by atoms with Crippen LogP contribution in [-0.4, -0.2) is 15.7 Å². The van der Waals surface area contributed by atoms with E-state index in [1.807, 2.05) is 19.9 Å². The second-order valence-corrected chi connectivity index (χ2v) is 3.62. The van der Waals surface area contributed by atoms with E-state index in [0.29, 0.717) is 0 Å². The zero-order valence-electron chi connectivity index (χ0n) is 7.79. The molecule has 0 bridgehead atoms. The highest BCUT2D eigenvalue weighted by atomic mass is 35.5. The van der Waals surface area contributed by atoms with Crippen LogP contribution >= 0.6 is 23.2 Å². The monoisotopic (exact) mass is 233 g/mol. The minimum atomic E-state index is 0.0544. The van der Waals surface area contributed by atoms with E-state index in [1.54, 1.807) is 0 Å². The van der Waals surface area contributed by atoms with Crippen LogP contribution in [0.3, 0.4) is 0 Å². The van der Waals surface area contributed by atoms with E-state index in [0.717, 1.165) is 0 Å². The molecule has 0 spiro atoms. The van der Waals surface area contributed by atoms with Crippen LogP contribution in [0.4, 0.5) is 0 Å². The van der Waals surface area contributed by atoms with Crippen LogP contribution in [-0.2, 0) is 11.5 Å². The number of halogens is 2. The SMILES string of the molecule is CC(C)OCn1c(C#N)nc(Cl)c1Cl. The first-order valence-electron chi connectivity index (χ1n) is 3.99. The van der Waals surface area contributed by atoms with Crippen molar-refractivity contribution in [2.45, 2.75) is 26.7 Å². The molecule has 0 atom stereocenters. The molecule has 0 fully saturated rings. The first-order valence-corrected chi connectivity index (χ1v) is 4.75. The van der Waals surface area contributed by atoms with Crippen LogP contribution in [0, 0.1) is 11.3 Å². The normalized spacial score (nSPS) is 10.6. The summed E-state index contributed by atoms with van der Waals surface area (Å²) in [6.45, 7) is 3.95. The summed E-state index contributed by atoms with van der Waals surface area (Å²) in [6, 6.07) is 1.88. The van der Waals surface area contributed by atoms with E-state index in [1.165, 1.54) is 4.57 Å². The number of ether oxygens (including phenoxy) is 1. The number of aromatic nitrogens is 2. The van der Waals surface area contributed by atoms with E-state index in [2.05, 4.69) is 4.98 Å². The first-order chi connectivity index (χ1) is 6.56. The second kappa shape index (κ2) is 4.65. The Bertz CT molecular complexity index is 367. The Kier molecular flexibility index (Phi) is 3.76. The Morgan fingerprint density at radius 2 is 2.21 bits per heavy atom. The van der Waals surface area contributed by atoms with Crippen molar-refractivity contribution in [2.75, 3.05) is 0 Å². The molecule has 14 heavy (non-hydrogen) atoms. The number of nitriles is 1. The number of rotatable bonds is 3. The maximum atomic E-state index is 8.72. The lowest BCUT2D eigenvalue weighted by atomic mass is 10.5. The largest absolute Gasteiger partial charge is 0.358 e. The Morgan fingerprint density at radius 1 is 1.57 bits per heavy atom. The molecule has 0 saturated carbocycles. The van der Waals surface area contributed by atoms with E-state index >= 15 is 0 Å². The molecular formula is C8H9Cl2N3O. The molecule has 1 heterocycles. The zero-order valence-corrected chi connectivity index (χ0v) is 9.30. The zero-order chi connectivity index (χ0) is 10.7. The number of hydrogen-bond acceptors (Lipinski definition) is 3. The summed E-state index contributed by atoms with van der Waals surface area (Å²) in [4.78, 5) is 3.76. The lowest BCUT2D eigenvalue weighted by molar-refractivity contribution is 0.0283. The highest BCUT2D eigenvalue weighted by molar-refractivity contribution is 6.40. The molecule has 0 aliphatic rings. The third-order valence-corrected chi connectivity index (χ3v) is 2.25. The van der Waals surface area contributed by atoms with Gasteiger partial charge in [0.25, 0.3) is 0 Å². The molecule has 6 heteroatoms. The molecule has 0 aliphatic carbocycles. The fourth-order valence-electron chi connectivity index (χ4n) is 0.831. The van der Waals surface area contributed by atoms with Gasteiger partial charge in [0.2, 0.25) is 5.82 Å². The molecular weight excluding hydrogens is 225 g/mol. The molecule has 0 saturated heterocycles. The van der Waals surface area contributed by atoms with Crippen molar-refractivity contribution in [1.82, 2.24) is 9.55 Å². The molecule has 0 radical (unpaired) electrons. The van der Waals surface area contributed by atoms with Gasteiger partial charge < -0.3 is 4.74 Å². The molecule has 1 aromatic rings. The summed E-state index contributed by atoms with van der Waals surface area (Å²) < 4.78 is 6.71. The Balaban J connectivity index is 2.90. The van der Waals surface area contributed by atoms with Gasteiger partial charge in [-0.05, 0) is 13.8 Å². The fourth-order valence-corrected chi connectivity index (χ4v) is 1.18. The standard InChI is InChI=1S/C8H9Cl2N3O/c1-5(2)14-4-13-6(3-11)12-7(9)8(13)10/h5H,4H2,1-2H3. The van der Waals surface area contributed by atoms with E-state index in [9.17, 15) is 0 Å². The molecule has 4 nitrogen and oxygen atoms in total. The molecule has 0 unspecified atom stereocenters. The highest BCUT2D eigenvalue weighted by Gasteiger charge is 2.13. The topological polar surface area (TPSA) is 50.8 Å². The molecule has 0 N–H and O–H groups in total. The van der Waals surface area contributed by atoms with Gasteiger partial charge in [-0.15, -0.1) is 0 Å². The van der Waals surface area contributed by atoms with Crippen LogP contribution in [0.2, 0.25) is 10.3 Å². The van der Waals surface area contributed by atoms with Crippen LogP contribution in [0.5, 0.6) is 0 Å². The van der Waals surface area contributed by atoms with Crippen molar-refractivity contribution >= 4 is 23.2 Å². The van der Waals surface area contributed by atoms with Crippen molar-refractivity contribution in [3.05, 3.63) is 16.1 Å². The summed E-state index contributed by atoms with van der Waals surface area (Å²) in [5, 5.41) is 9.06. The van der Waals surface area contributed by atoms with Crippen LogP contribution in [0.1, 0.15) is 19.7 Å². The number of nitrogens with zero attached hydrogens (tertiary/aromatic N) is 3. The first kappa shape index (κ1) is 11.3. The van der Waals surface area contributed by atoms with E-state index in [-0.39, 0.29) is 29.0 Å². The minimum Gasteiger partial charge on any atom is -0.358 e. The van der Waals surface area contributed by atoms with E-state index < -0.39 is 0 Å². The number of hydrogen-bond donors (Lipinski definition) is 0. The third-order valence-electron chi connectivity index (χ3n) is 1.50. The Morgan fingerprint density at radius 3 is 2.71 bits per heavy atom. The smallest absolute Gasteiger partial charge is 0.217 e. The summed E-state index contributed by atoms with van der Waals surface area (Å²) >= 11 is 11.5. The summed E-state index contributed by atoms with van der Waals surface area (Å²) in [5.41, 5.74) is 0. The second-order valence-electron chi connectivity index (χ2n) is 2.90. The summed E-state index contributed by atoms with van der Waals surface area (Å²) in [5.74, 6) is 0.153. The Hall–Kier alpha value is -0.760. The van der Waals surface area contributed by atoms with Gasteiger partial charge in [-0.2, -0.15) is 5.26 Å². The quantitative estimate of drug-likeness (QED) is 0.806.